The summed E-state index contributed by atoms with van der Waals surface area (Å²) in [6.07, 6.45) is 3.29. The van der Waals surface area contributed by atoms with E-state index in [2.05, 4.69) is 29.8 Å². The number of thioether (sulfide) groups is 1. The average molecular weight is 244 g/mol. The van der Waals surface area contributed by atoms with Crippen LogP contribution in [0, 0.1) is 11.3 Å². The summed E-state index contributed by atoms with van der Waals surface area (Å²) in [5.41, 5.74) is 1.91. The normalized spacial score (nSPS) is 10.6. The van der Waals surface area contributed by atoms with E-state index < -0.39 is 0 Å². The van der Waals surface area contributed by atoms with Gasteiger partial charge < -0.3 is 4.57 Å². The summed E-state index contributed by atoms with van der Waals surface area (Å²) in [7, 11) is 0. The van der Waals surface area contributed by atoms with Crippen LogP contribution in [0.2, 0.25) is 0 Å². The van der Waals surface area contributed by atoms with Crippen molar-refractivity contribution in [2.24, 2.45) is 0 Å². The maximum Gasteiger partial charge on any atom is 0.0992 e. The Morgan fingerprint density at radius 2 is 2.24 bits per heavy atom. The van der Waals surface area contributed by atoms with Crippen LogP contribution in [0.3, 0.4) is 0 Å². The molecule has 1 aromatic carbocycles. The van der Waals surface area contributed by atoms with Gasteiger partial charge >= 0.3 is 0 Å². The number of hydrogen-bond donors (Lipinski definition) is 0. The Morgan fingerprint density at radius 1 is 1.35 bits per heavy atom. The highest BCUT2D eigenvalue weighted by Crippen LogP contribution is 2.18. The molecule has 0 fully saturated rings. The highest BCUT2D eigenvalue weighted by Gasteiger charge is 2.01. The van der Waals surface area contributed by atoms with E-state index in [1.165, 1.54) is 28.8 Å². The quantitative estimate of drug-likeness (QED) is 0.751. The second-order valence-electron chi connectivity index (χ2n) is 3.95. The summed E-state index contributed by atoms with van der Waals surface area (Å²) in [6.45, 7) is 3.22. The molecule has 0 bridgehead atoms. The number of aromatic nitrogens is 1. The Morgan fingerprint density at radius 3 is 3.00 bits per heavy atom. The van der Waals surface area contributed by atoms with E-state index in [9.17, 15) is 0 Å². The van der Waals surface area contributed by atoms with Crippen LogP contribution in [0.15, 0.2) is 30.5 Å². The molecule has 0 aliphatic rings. The molecule has 17 heavy (non-hydrogen) atoms. The van der Waals surface area contributed by atoms with E-state index in [4.69, 9.17) is 5.26 Å². The van der Waals surface area contributed by atoms with Crippen molar-refractivity contribution in [2.45, 2.75) is 19.9 Å². The van der Waals surface area contributed by atoms with Gasteiger partial charge in [0.05, 0.1) is 11.6 Å². The Balaban J connectivity index is 2.14. The number of nitriles is 1. The molecule has 1 heterocycles. The van der Waals surface area contributed by atoms with Crippen LogP contribution in [0.1, 0.15) is 18.9 Å². The van der Waals surface area contributed by atoms with Crippen LogP contribution in [-0.2, 0) is 6.54 Å². The zero-order valence-corrected chi connectivity index (χ0v) is 10.8. The van der Waals surface area contributed by atoms with Gasteiger partial charge in [-0.15, -0.1) is 0 Å². The minimum Gasteiger partial charge on any atom is -0.347 e. The predicted octanol–water partition coefficient (Wildman–Crippen LogP) is 3.66. The van der Waals surface area contributed by atoms with Crippen molar-refractivity contribution in [3.63, 3.8) is 0 Å². The van der Waals surface area contributed by atoms with Crippen LogP contribution in [-0.4, -0.2) is 16.1 Å². The van der Waals surface area contributed by atoms with Crippen molar-refractivity contribution in [3.8, 4) is 6.07 Å². The molecular formula is C14H16N2S. The second kappa shape index (κ2) is 5.79. The van der Waals surface area contributed by atoms with Crippen molar-refractivity contribution in [3.05, 3.63) is 36.0 Å². The largest absolute Gasteiger partial charge is 0.347 e. The molecule has 2 nitrogen and oxygen atoms in total. The number of benzene rings is 1. The topological polar surface area (TPSA) is 28.7 Å². The molecule has 0 atom stereocenters. The number of nitrogens with zero attached hydrogens (tertiary/aromatic N) is 2. The fraction of sp³-hybridized carbons (Fsp3) is 0.357. The van der Waals surface area contributed by atoms with E-state index in [1.807, 2.05) is 30.0 Å². The van der Waals surface area contributed by atoms with E-state index >= 15 is 0 Å². The van der Waals surface area contributed by atoms with Crippen LogP contribution in [0.25, 0.3) is 10.9 Å². The molecule has 0 aliphatic carbocycles. The Kier molecular flexibility index (Phi) is 4.11. The van der Waals surface area contributed by atoms with Crippen LogP contribution in [0.4, 0.5) is 0 Å². The highest BCUT2D eigenvalue weighted by atomic mass is 32.2. The van der Waals surface area contributed by atoms with Crippen molar-refractivity contribution in [2.75, 3.05) is 11.5 Å². The summed E-state index contributed by atoms with van der Waals surface area (Å²) in [6, 6.07) is 10.2. The first-order valence-corrected chi connectivity index (χ1v) is 7.07. The predicted molar refractivity (Wildman–Crippen MR) is 74.3 cm³/mol. The van der Waals surface area contributed by atoms with E-state index in [1.54, 1.807) is 0 Å². The molecule has 0 N–H and O–H groups in total. The zero-order chi connectivity index (χ0) is 12.1. The van der Waals surface area contributed by atoms with Gasteiger partial charge in [-0.3, -0.25) is 0 Å². The molecule has 1 aromatic heterocycles. The van der Waals surface area contributed by atoms with E-state index in [-0.39, 0.29) is 0 Å². The number of rotatable bonds is 5. The maximum atomic E-state index is 8.91. The first kappa shape index (κ1) is 12.1. The lowest BCUT2D eigenvalue weighted by Crippen LogP contribution is -1.97. The fourth-order valence-electron chi connectivity index (χ4n) is 1.93. The van der Waals surface area contributed by atoms with Crippen LogP contribution >= 0.6 is 11.8 Å². The van der Waals surface area contributed by atoms with Gasteiger partial charge in [-0.25, -0.2) is 0 Å². The summed E-state index contributed by atoms with van der Waals surface area (Å²) < 4.78 is 2.24. The van der Waals surface area contributed by atoms with Crippen molar-refractivity contribution in [1.82, 2.24) is 4.57 Å². The third-order valence-electron chi connectivity index (χ3n) is 2.79. The van der Waals surface area contributed by atoms with Gasteiger partial charge in [0.1, 0.15) is 0 Å². The first-order chi connectivity index (χ1) is 8.35. The maximum absolute atomic E-state index is 8.91. The molecule has 0 saturated carbocycles. The molecular weight excluding hydrogens is 228 g/mol. The number of fused-ring (bicyclic) bond motifs is 1. The molecule has 0 radical (unpaired) electrons. The summed E-state index contributed by atoms with van der Waals surface area (Å²) >= 11 is 1.98. The molecule has 2 rings (SSSR count). The monoisotopic (exact) mass is 244 g/mol. The van der Waals surface area contributed by atoms with Crippen molar-refractivity contribution < 1.29 is 0 Å². The Bertz CT molecular complexity index is 537. The molecule has 88 valence electrons. The summed E-state index contributed by atoms with van der Waals surface area (Å²) in [5, 5.41) is 10.1. The van der Waals surface area contributed by atoms with Gasteiger partial charge in [0, 0.05) is 18.3 Å². The highest BCUT2D eigenvalue weighted by molar-refractivity contribution is 7.99. The standard InChI is InChI=1S/C14H16N2S/c1-2-17-9-3-7-16-8-6-13-5-4-12(11-15)10-14(13)16/h4-6,8,10H,2-3,7,9H2,1H3. The third-order valence-corrected chi connectivity index (χ3v) is 3.78. The van der Waals surface area contributed by atoms with E-state index in [0.29, 0.717) is 0 Å². The van der Waals surface area contributed by atoms with Crippen LogP contribution < -0.4 is 0 Å². The fourth-order valence-corrected chi connectivity index (χ4v) is 2.55. The molecule has 0 amide bonds. The molecule has 0 saturated heterocycles. The average Bonchev–Trinajstić information content (AvgIpc) is 2.77. The molecule has 0 spiro atoms. The van der Waals surface area contributed by atoms with Gasteiger partial charge in [0.25, 0.3) is 0 Å². The number of hydrogen-bond acceptors (Lipinski definition) is 2. The third kappa shape index (κ3) is 2.83. The molecule has 2 aromatic rings. The minimum atomic E-state index is 0.736. The van der Waals surface area contributed by atoms with Crippen molar-refractivity contribution in [1.29, 1.82) is 5.26 Å². The smallest absolute Gasteiger partial charge is 0.0992 e. The lowest BCUT2D eigenvalue weighted by molar-refractivity contribution is 0.709. The van der Waals surface area contributed by atoms with Gasteiger partial charge in [0.15, 0.2) is 0 Å². The molecule has 0 aliphatic heterocycles. The first-order valence-electron chi connectivity index (χ1n) is 5.92. The zero-order valence-electron chi connectivity index (χ0n) is 10.0. The SMILES string of the molecule is CCSCCCn1ccc2ccc(C#N)cc21. The lowest BCUT2D eigenvalue weighted by Gasteiger charge is -2.05. The van der Waals surface area contributed by atoms with Crippen LogP contribution in [0.5, 0.6) is 0 Å². The van der Waals surface area contributed by atoms with Gasteiger partial charge in [0.2, 0.25) is 0 Å². The minimum absolute atomic E-state index is 0.736. The summed E-state index contributed by atoms with van der Waals surface area (Å²) in [4.78, 5) is 0. The molecule has 3 heteroatoms. The van der Waals surface area contributed by atoms with Gasteiger partial charge in [-0.1, -0.05) is 13.0 Å². The lowest BCUT2D eigenvalue weighted by atomic mass is 10.2. The Labute approximate surface area is 106 Å². The van der Waals surface area contributed by atoms with E-state index in [0.717, 1.165) is 12.1 Å². The van der Waals surface area contributed by atoms with Gasteiger partial charge in [-0.05, 0) is 41.5 Å². The summed E-state index contributed by atoms with van der Waals surface area (Å²) in [5.74, 6) is 2.39. The number of aryl methyl sites for hydroxylation is 1. The molecule has 0 unspecified atom stereocenters. The Hall–Kier alpha value is -1.40. The van der Waals surface area contributed by atoms with Gasteiger partial charge in [-0.2, -0.15) is 17.0 Å². The van der Waals surface area contributed by atoms with Crippen molar-refractivity contribution >= 4 is 22.7 Å². The second-order valence-corrected chi connectivity index (χ2v) is 5.34.